The zero-order valence-electron chi connectivity index (χ0n) is 14.0. The molecule has 1 heterocycles. The summed E-state index contributed by atoms with van der Waals surface area (Å²) in [6, 6.07) is 0. The largest absolute Gasteiger partial charge is 0.444 e. The summed E-state index contributed by atoms with van der Waals surface area (Å²) in [7, 11) is 1.68. The third-order valence-electron chi connectivity index (χ3n) is 3.87. The predicted octanol–water partition coefficient (Wildman–Crippen LogP) is 2.88. The van der Waals surface area contributed by atoms with Gasteiger partial charge in [-0.15, -0.1) is 0 Å². The van der Waals surface area contributed by atoms with E-state index >= 15 is 0 Å². The molecule has 0 atom stereocenters. The summed E-state index contributed by atoms with van der Waals surface area (Å²) < 4.78 is 9.85. The van der Waals surface area contributed by atoms with Crippen molar-refractivity contribution in [1.29, 1.82) is 0 Å². The minimum absolute atomic E-state index is 0.207. The second-order valence-corrected chi connectivity index (χ2v) is 7.09. The van der Waals surface area contributed by atoms with E-state index in [1.54, 1.807) is 12.0 Å². The number of carbonyl (C=O) groups excluding carboxylic acids is 2. The molecule has 0 aromatic heterocycles. The highest BCUT2D eigenvalue weighted by molar-refractivity contribution is 5.69. The zero-order valence-corrected chi connectivity index (χ0v) is 14.0. The predicted molar refractivity (Wildman–Crippen MR) is 81.2 cm³/mol. The van der Waals surface area contributed by atoms with Crippen molar-refractivity contribution in [3.05, 3.63) is 0 Å². The van der Waals surface area contributed by atoms with E-state index < -0.39 is 5.60 Å². The average Bonchev–Trinajstić information content (AvgIpc) is 2.28. The summed E-state index contributed by atoms with van der Waals surface area (Å²) in [5.74, 6) is 0.549. The molecule has 0 aromatic carbocycles. The Morgan fingerprint density at radius 3 is 2.24 bits per heavy atom. The normalized spacial score (nSPS) is 20.0. The first-order chi connectivity index (χ1) is 9.75. The molecule has 2 aliphatic rings. The molecule has 1 aliphatic carbocycles. The molecule has 0 N–H and O–H groups in total. The standard InChI is InChI=1S/C13H21NO3.C3H8O/c1-12(2,3)17-11(16)14-8-13(9-14)6-10(7-13)4-5-15;1-3-4-2/h5,10H,4,6-9H2,1-3H3;3H2,1-2H3. The molecule has 2 rings (SSSR count). The van der Waals surface area contributed by atoms with Crippen molar-refractivity contribution in [2.75, 3.05) is 26.8 Å². The van der Waals surface area contributed by atoms with Gasteiger partial charge < -0.3 is 19.2 Å². The van der Waals surface area contributed by atoms with Gasteiger partial charge in [0, 0.05) is 38.6 Å². The minimum Gasteiger partial charge on any atom is -0.444 e. The van der Waals surface area contributed by atoms with Crippen molar-refractivity contribution in [1.82, 2.24) is 4.90 Å². The van der Waals surface area contributed by atoms with Gasteiger partial charge >= 0.3 is 6.09 Å². The van der Waals surface area contributed by atoms with E-state index in [1.807, 2.05) is 27.7 Å². The van der Waals surface area contributed by atoms with Gasteiger partial charge in [0.25, 0.3) is 0 Å². The van der Waals surface area contributed by atoms with Crippen molar-refractivity contribution in [3.63, 3.8) is 0 Å². The lowest BCUT2D eigenvalue weighted by Gasteiger charge is -2.58. The Labute approximate surface area is 128 Å². The lowest BCUT2D eigenvalue weighted by Crippen LogP contribution is -2.64. The van der Waals surface area contributed by atoms with Gasteiger partial charge in [-0.05, 0) is 46.5 Å². The molecule has 0 bridgehead atoms. The second kappa shape index (κ2) is 7.25. The van der Waals surface area contributed by atoms with Gasteiger partial charge in [-0.25, -0.2) is 4.79 Å². The summed E-state index contributed by atoms with van der Waals surface area (Å²) >= 11 is 0. The van der Waals surface area contributed by atoms with Crippen LogP contribution in [0.15, 0.2) is 0 Å². The first kappa shape index (κ1) is 18.0. The Bertz CT molecular complexity index is 346. The number of nitrogens with zero attached hydrogens (tertiary/aromatic N) is 1. The Morgan fingerprint density at radius 1 is 1.33 bits per heavy atom. The molecule has 1 aliphatic heterocycles. The Balaban J connectivity index is 0.000000491. The van der Waals surface area contributed by atoms with E-state index in [0.29, 0.717) is 17.8 Å². The molecule has 0 radical (unpaired) electrons. The van der Waals surface area contributed by atoms with E-state index in [2.05, 4.69) is 4.74 Å². The van der Waals surface area contributed by atoms with Gasteiger partial charge in [0.05, 0.1) is 0 Å². The zero-order chi connectivity index (χ0) is 16.1. The molecule has 1 saturated carbocycles. The highest BCUT2D eigenvalue weighted by Crippen LogP contribution is 2.52. The summed E-state index contributed by atoms with van der Waals surface area (Å²) in [5, 5.41) is 0. The molecule has 1 saturated heterocycles. The third-order valence-corrected chi connectivity index (χ3v) is 3.87. The molecular weight excluding hydrogens is 270 g/mol. The van der Waals surface area contributed by atoms with E-state index in [0.717, 1.165) is 38.8 Å². The van der Waals surface area contributed by atoms with Gasteiger partial charge in [0.15, 0.2) is 0 Å². The van der Waals surface area contributed by atoms with Gasteiger partial charge in [-0.3, -0.25) is 0 Å². The highest BCUT2D eigenvalue weighted by Gasteiger charge is 2.53. The van der Waals surface area contributed by atoms with E-state index in [4.69, 9.17) is 4.74 Å². The molecule has 0 aromatic rings. The maximum atomic E-state index is 11.7. The van der Waals surface area contributed by atoms with Crippen LogP contribution in [0, 0.1) is 11.3 Å². The minimum atomic E-state index is -0.417. The van der Waals surface area contributed by atoms with E-state index in [9.17, 15) is 9.59 Å². The van der Waals surface area contributed by atoms with Crippen LogP contribution in [-0.4, -0.2) is 49.7 Å². The molecule has 0 unspecified atom stereocenters. The van der Waals surface area contributed by atoms with Crippen LogP contribution in [0.2, 0.25) is 0 Å². The summed E-state index contributed by atoms with van der Waals surface area (Å²) in [5.41, 5.74) is -0.107. The van der Waals surface area contributed by atoms with Crippen LogP contribution in [0.5, 0.6) is 0 Å². The summed E-state index contributed by atoms with van der Waals surface area (Å²) in [6.07, 6.45) is 3.65. The van der Waals surface area contributed by atoms with E-state index in [1.165, 1.54) is 0 Å². The molecule has 5 heteroatoms. The van der Waals surface area contributed by atoms with Gasteiger partial charge in [-0.1, -0.05) is 0 Å². The van der Waals surface area contributed by atoms with Crippen molar-refractivity contribution >= 4 is 12.4 Å². The number of amides is 1. The molecule has 1 amide bonds. The van der Waals surface area contributed by atoms with Gasteiger partial charge in [-0.2, -0.15) is 0 Å². The first-order valence-corrected chi connectivity index (χ1v) is 7.66. The number of rotatable bonds is 3. The van der Waals surface area contributed by atoms with Crippen molar-refractivity contribution in [2.45, 2.75) is 52.6 Å². The molecule has 5 nitrogen and oxygen atoms in total. The Morgan fingerprint density at radius 2 is 1.86 bits per heavy atom. The summed E-state index contributed by atoms with van der Waals surface area (Å²) in [6.45, 7) is 10.0. The molecule has 2 fully saturated rings. The van der Waals surface area contributed by atoms with Crippen LogP contribution in [0.4, 0.5) is 4.79 Å². The number of methoxy groups -OCH3 is 1. The van der Waals surface area contributed by atoms with Gasteiger partial charge in [0.2, 0.25) is 0 Å². The van der Waals surface area contributed by atoms with Crippen LogP contribution in [0.3, 0.4) is 0 Å². The van der Waals surface area contributed by atoms with Crippen LogP contribution < -0.4 is 0 Å². The molecular formula is C16H29NO4. The SMILES string of the molecule is CC(C)(C)OC(=O)N1CC2(CC(CC=O)C2)C1.CCOC. The quantitative estimate of drug-likeness (QED) is 0.752. The number of ether oxygens (including phenoxy) is 2. The second-order valence-electron chi connectivity index (χ2n) is 7.09. The topological polar surface area (TPSA) is 55.8 Å². The maximum absolute atomic E-state index is 11.7. The Kier molecular flexibility index (Phi) is 6.20. The van der Waals surface area contributed by atoms with Crippen molar-refractivity contribution < 1.29 is 19.1 Å². The summed E-state index contributed by atoms with van der Waals surface area (Å²) in [4.78, 5) is 23.9. The van der Waals surface area contributed by atoms with E-state index in [-0.39, 0.29) is 6.09 Å². The lowest BCUT2D eigenvalue weighted by molar-refractivity contribution is -0.117. The average molecular weight is 299 g/mol. The smallest absolute Gasteiger partial charge is 0.410 e. The molecule has 1 spiro atoms. The fourth-order valence-corrected chi connectivity index (χ4v) is 2.94. The van der Waals surface area contributed by atoms with Crippen LogP contribution in [0.25, 0.3) is 0 Å². The number of aldehydes is 1. The molecule has 21 heavy (non-hydrogen) atoms. The van der Waals surface area contributed by atoms with Crippen LogP contribution >= 0.6 is 0 Å². The fraction of sp³-hybridized carbons (Fsp3) is 0.875. The number of hydrogen-bond acceptors (Lipinski definition) is 4. The van der Waals surface area contributed by atoms with Gasteiger partial charge in [0.1, 0.15) is 11.9 Å². The number of carbonyl (C=O) groups is 2. The highest BCUT2D eigenvalue weighted by atomic mass is 16.6. The lowest BCUT2D eigenvalue weighted by atomic mass is 9.57. The van der Waals surface area contributed by atoms with Crippen molar-refractivity contribution in [3.8, 4) is 0 Å². The van der Waals surface area contributed by atoms with Crippen LogP contribution in [-0.2, 0) is 14.3 Å². The number of hydrogen-bond donors (Lipinski definition) is 0. The monoisotopic (exact) mass is 299 g/mol. The fourth-order valence-electron chi connectivity index (χ4n) is 2.94. The number of likely N-dealkylation sites (tertiary alicyclic amines) is 1. The Hall–Kier alpha value is -1.10. The van der Waals surface area contributed by atoms with Crippen molar-refractivity contribution in [2.24, 2.45) is 11.3 Å². The maximum Gasteiger partial charge on any atom is 0.410 e. The molecule has 122 valence electrons. The van der Waals surface area contributed by atoms with Crippen LogP contribution in [0.1, 0.15) is 47.0 Å². The first-order valence-electron chi connectivity index (χ1n) is 7.66. The third kappa shape index (κ3) is 5.30.